The van der Waals surface area contributed by atoms with E-state index in [9.17, 15) is 4.79 Å². The average molecular weight is 370 g/mol. The number of carbonyl (C=O) groups excluding carboxylic acids is 1. The van der Waals surface area contributed by atoms with Crippen LogP contribution in [-0.4, -0.2) is 33.9 Å². The van der Waals surface area contributed by atoms with Crippen molar-refractivity contribution in [3.63, 3.8) is 0 Å². The highest BCUT2D eigenvalue weighted by Crippen LogP contribution is 2.28. The summed E-state index contributed by atoms with van der Waals surface area (Å²) in [6, 6.07) is 6.17. The largest absolute Gasteiger partial charge is 0.487 e. The molecule has 1 heterocycles. The Balaban J connectivity index is 2.40. The number of nitrogens with zero attached hydrogens (tertiary/aromatic N) is 3. The van der Waals surface area contributed by atoms with Crippen LogP contribution in [0.5, 0.6) is 5.75 Å². The topological polar surface area (TPSA) is 81.3 Å². The maximum Gasteiger partial charge on any atom is 0.257 e. The summed E-state index contributed by atoms with van der Waals surface area (Å²) in [5.41, 5.74) is 9.65. The second-order valence-electron chi connectivity index (χ2n) is 6.95. The van der Waals surface area contributed by atoms with Gasteiger partial charge in [0.1, 0.15) is 12.4 Å². The summed E-state index contributed by atoms with van der Waals surface area (Å²) in [7, 11) is 0. The van der Waals surface area contributed by atoms with Gasteiger partial charge in [0.25, 0.3) is 5.91 Å². The molecule has 0 bridgehead atoms. The Bertz CT molecular complexity index is 814. The maximum atomic E-state index is 13.0. The summed E-state index contributed by atoms with van der Waals surface area (Å²) in [5.74, 6) is 1.19. The molecule has 0 atom stereocenters. The van der Waals surface area contributed by atoms with Crippen molar-refractivity contribution in [2.24, 2.45) is 0 Å². The molecule has 6 nitrogen and oxygen atoms in total. The van der Waals surface area contributed by atoms with Crippen molar-refractivity contribution in [1.29, 1.82) is 0 Å². The molecule has 0 aliphatic carbocycles. The summed E-state index contributed by atoms with van der Waals surface area (Å²) in [6.45, 7) is 13.4. The number of nitrogens with two attached hydrogens (primary N) is 1. The van der Waals surface area contributed by atoms with Gasteiger partial charge in [-0.25, -0.2) is 9.97 Å². The van der Waals surface area contributed by atoms with Gasteiger partial charge in [-0.05, 0) is 50.8 Å². The van der Waals surface area contributed by atoms with Gasteiger partial charge in [-0.3, -0.25) is 4.79 Å². The third kappa shape index (κ3) is 4.76. The second kappa shape index (κ2) is 8.84. The number of carbonyl (C=O) groups is 1. The standard InChI is InChI=1S/C21H30N4O2/c1-7-25(8-2)20(26)19-15(6)23-21(22)24-17(19)12-27-18-11-14(5)9-10-16(18)13(3)4/h9-11,13H,7-8,12H2,1-6H3,(H2,22,23,24). The molecule has 0 saturated carbocycles. The normalized spacial score (nSPS) is 10.9. The molecule has 2 rings (SSSR count). The van der Waals surface area contributed by atoms with E-state index in [1.54, 1.807) is 11.8 Å². The zero-order chi connectivity index (χ0) is 20.1. The van der Waals surface area contributed by atoms with Crippen LogP contribution in [0, 0.1) is 13.8 Å². The molecule has 146 valence electrons. The van der Waals surface area contributed by atoms with Crippen molar-refractivity contribution < 1.29 is 9.53 Å². The highest BCUT2D eigenvalue weighted by Gasteiger charge is 2.22. The smallest absolute Gasteiger partial charge is 0.257 e. The van der Waals surface area contributed by atoms with Gasteiger partial charge in [-0.2, -0.15) is 0 Å². The molecule has 0 fully saturated rings. The number of nitrogen functional groups attached to an aromatic ring is 1. The molecule has 1 aromatic carbocycles. The minimum atomic E-state index is -0.0931. The molecule has 0 saturated heterocycles. The Hall–Kier alpha value is -2.63. The van der Waals surface area contributed by atoms with Crippen LogP contribution >= 0.6 is 0 Å². The molecule has 0 aliphatic heterocycles. The number of hydrogen-bond acceptors (Lipinski definition) is 5. The Morgan fingerprint density at radius 1 is 1.19 bits per heavy atom. The zero-order valence-electron chi connectivity index (χ0n) is 17.2. The van der Waals surface area contributed by atoms with Crippen molar-refractivity contribution >= 4 is 11.9 Å². The summed E-state index contributed by atoms with van der Waals surface area (Å²) in [4.78, 5) is 23.2. The van der Waals surface area contributed by atoms with E-state index in [0.717, 1.165) is 16.9 Å². The first-order chi connectivity index (χ1) is 12.8. The van der Waals surface area contributed by atoms with Crippen LogP contribution in [0.2, 0.25) is 0 Å². The Morgan fingerprint density at radius 2 is 1.85 bits per heavy atom. The predicted molar refractivity (Wildman–Crippen MR) is 108 cm³/mol. The van der Waals surface area contributed by atoms with Gasteiger partial charge in [-0.1, -0.05) is 26.0 Å². The fourth-order valence-corrected chi connectivity index (χ4v) is 3.10. The summed E-state index contributed by atoms with van der Waals surface area (Å²) < 4.78 is 6.10. The molecular formula is C21H30N4O2. The predicted octanol–water partition coefficient (Wildman–Crippen LogP) is 3.86. The van der Waals surface area contributed by atoms with Gasteiger partial charge in [0.05, 0.1) is 17.0 Å². The third-order valence-electron chi connectivity index (χ3n) is 4.60. The van der Waals surface area contributed by atoms with E-state index in [-0.39, 0.29) is 18.5 Å². The van der Waals surface area contributed by atoms with Gasteiger partial charge in [0.2, 0.25) is 5.95 Å². The summed E-state index contributed by atoms with van der Waals surface area (Å²) >= 11 is 0. The van der Waals surface area contributed by atoms with E-state index in [0.29, 0.717) is 36.0 Å². The number of aromatic nitrogens is 2. The third-order valence-corrected chi connectivity index (χ3v) is 4.60. The first-order valence-corrected chi connectivity index (χ1v) is 9.44. The summed E-state index contributed by atoms with van der Waals surface area (Å²) in [6.07, 6.45) is 0. The number of anilines is 1. The van der Waals surface area contributed by atoms with Gasteiger partial charge in [-0.15, -0.1) is 0 Å². The first kappa shape index (κ1) is 20.7. The van der Waals surface area contributed by atoms with Gasteiger partial charge >= 0.3 is 0 Å². The number of hydrogen-bond donors (Lipinski definition) is 1. The highest BCUT2D eigenvalue weighted by molar-refractivity contribution is 5.96. The number of aryl methyl sites for hydroxylation is 2. The van der Waals surface area contributed by atoms with Crippen LogP contribution in [0.3, 0.4) is 0 Å². The Morgan fingerprint density at radius 3 is 2.44 bits per heavy atom. The van der Waals surface area contributed by atoms with E-state index in [2.05, 4.69) is 35.9 Å². The van der Waals surface area contributed by atoms with Crippen molar-refractivity contribution in [2.75, 3.05) is 18.8 Å². The molecule has 27 heavy (non-hydrogen) atoms. The van der Waals surface area contributed by atoms with Gasteiger partial charge in [0, 0.05) is 13.1 Å². The van der Waals surface area contributed by atoms with E-state index < -0.39 is 0 Å². The Kier molecular flexibility index (Phi) is 6.77. The van der Waals surface area contributed by atoms with Crippen molar-refractivity contribution in [2.45, 2.75) is 54.1 Å². The minimum absolute atomic E-state index is 0.0931. The number of benzene rings is 1. The zero-order valence-corrected chi connectivity index (χ0v) is 17.2. The Labute approximate surface area is 161 Å². The molecule has 0 spiro atoms. The molecule has 1 amide bonds. The fourth-order valence-electron chi connectivity index (χ4n) is 3.10. The molecule has 0 radical (unpaired) electrons. The maximum absolute atomic E-state index is 13.0. The number of amides is 1. The van der Waals surface area contributed by atoms with Crippen LogP contribution in [0.25, 0.3) is 0 Å². The van der Waals surface area contributed by atoms with E-state index in [1.807, 2.05) is 26.8 Å². The van der Waals surface area contributed by atoms with E-state index in [4.69, 9.17) is 10.5 Å². The van der Waals surface area contributed by atoms with Crippen LogP contribution in [0.15, 0.2) is 18.2 Å². The molecular weight excluding hydrogens is 340 g/mol. The van der Waals surface area contributed by atoms with Crippen LogP contribution in [0.1, 0.15) is 66.5 Å². The van der Waals surface area contributed by atoms with E-state index in [1.165, 1.54) is 0 Å². The molecule has 0 unspecified atom stereocenters. The van der Waals surface area contributed by atoms with Crippen LogP contribution in [-0.2, 0) is 6.61 Å². The molecule has 6 heteroatoms. The van der Waals surface area contributed by atoms with Gasteiger partial charge < -0.3 is 15.4 Å². The lowest BCUT2D eigenvalue weighted by Gasteiger charge is -2.21. The monoisotopic (exact) mass is 370 g/mol. The highest BCUT2D eigenvalue weighted by atomic mass is 16.5. The summed E-state index contributed by atoms with van der Waals surface area (Å²) in [5, 5.41) is 0. The minimum Gasteiger partial charge on any atom is -0.487 e. The lowest BCUT2D eigenvalue weighted by atomic mass is 10.0. The van der Waals surface area contributed by atoms with Crippen LogP contribution < -0.4 is 10.5 Å². The average Bonchev–Trinajstić information content (AvgIpc) is 2.60. The SMILES string of the molecule is CCN(CC)C(=O)c1c(C)nc(N)nc1COc1cc(C)ccc1C(C)C. The number of ether oxygens (including phenoxy) is 1. The van der Waals surface area contributed by atoms with Crippen molar-refractivity contribution in [1.82, 2.24) is 14.9 Å². The molecule has 2 N–H and O–H groups in total. The van der Waals surface area contributed by atoms with Crippen molar-refractivity contribution in [3.05, 3.63) is 46.3 Å². The number of rotatable bonds is 7. The quantitative estimate of drug-likeness (QED) is 0.800. The van der Waals surface area contributed by atoms with E-state index >= 15 is 0 Å². The lowest BCUT2D eigenvalue weighted by Crippen LogP contribution is -2.32. The molecule has 2 aromatic rings. The second-order valence-corrected chi connectivity index (χ2v) is 6.95. The lowest BCUT2D eigenvalue weighted by molar-refractivity contribution is 0.0768. The van der Waals surface area contributed by atoms with Gasteiger partial charge in [0.15, 0.2) is 0 Å². The van der Waals surface area contributed by atoms with Crippen LogP contribution in [0.4, 0.5) is 5.95 Å². The van der Waals surface area contributed by atoms with Crippen molar-refractivity contribution in [3.8, 4) is 5.75 Å². The molecule has 1 aromatic heterocycles. The first-order valence-electron chi connectivity index (χ1n) is 9.44. The molecule has 0 aliphatic rings. The fraction of sp³-hybridized carbons (Fsp3) is 0.476.